The van der Waals surface area contributed by atoms with Crippen LogP contribution in [0.2, 0.25) is 0 Å². The predicted molar refractivity (Wildman–Crippen MR) is 68.8 cm³/mol. The molecule has 0 aromatic rings. The first-order valence-electron chi connectivity index (χ1n) is 6.11. The number of hydrogen-bond donors (Lipinski definition) is 1. The van der Waals surface area contributed by atoms with Gasteiger partial charge < -0.3 is 10.2 Å². The number of hydrogen-bond acceptors (Lipinski definition) is 3. The third kappa shape index (κ3) is 2.38. The lowest BCUT2D eigenvalue weighted by molar-refractivity contribution is -0.137. The molecular formula is C12H22N2OS. The van der Waals surface area contributed by atoms with Crippen LogP contribution in [0.25, 0.3) is 0 Å². The molecule has 0 spiro atoms. The topological polar surface area (TPSA) is 32.3 Å². The second-order valence-corrected chi connectivity index (χ2v) is 7.50. The summed E-state index contributed by atoms with van der Waals surface area (Å²) in [7, 11) is 0. The Balaban J connectivity index is 2.04. The van der Waals surface area contributed by atoms with E-state index in [4.69, 9.17) is 0 Å². The predicted octanol–water partition coefficient (Wildman–Crippen LogP) is 1.48. The van der Waals surface area contributed by atoms with E-state index in [0.29, 0.717) is 5.91 Å². The number of nitrogens with zero attached hydrogens (tertiary/aromatic N) is 1. The Morgan fingerprint density at radius 3 is 2.69 bits per heavy atom. The van der Waals surface area contributed by atoms with Crippen LogP contribution in [0.5, 0.6) is 0 Å². The van der Waals surface area contributed by atoms with E-state index in [1.807, 2.05) is 11.8 Å². The van der Waals surface area contributed by atoms with Crippen LogP contribution in [0.3, 0.4) is 0 Å². The third-order valence-electron chi connectivity index (χ3n) is 3.55. The highest BCUT2D eigenvalue weighted by Gasteiger charge is 2.41. The van der Waals surface area contributed by atoms with Crippen molar-refractivity contribution in [2.75, 3.05) is 25.4 Å². The monoisotopic (exact) mass is 242 g/mol. The summed E-state index contributed by atoms with van der Waals surface area (Å²) >= 11 is 1.97. The van der Waals surface area contributed by atoms with Gasteiger partial charge in [0.1, 0.15) is 0 Å². The van der Waals surface area contributed by atoms with Crippen molar-refractivity contribution in [1.82, 2.24) is 10.2 Å². The number of carbonyl (C=O) groups is 1. The summed E-state index contributed by atoms with van der Waals surface area (Å²) in [4.78, 5) is 14.5. The summed E-state index contributed by atoms with van der Waals surface area (Å²) in [5.41, 5.74) is -0.294. The molecule has 1 amide bonds. The van der Waals surface area contributed by atoms with Crippen molar-refractivity contribution in [3.8, 4) is 0 Å². The van der Waals surface area contributed by atoms with Crippen LogP contribution in [-0.2, 0) is 4.79 Å². The zero-order valence-corrected chi connectivity index (χ0v) is 11.3. The van der Waals surface area contributed by atoms with E-state index >= 15 is 0 Å². The molecule has 0 bridgehead atoms. The average Bonchev–Trinajstić information content (AvgIpc) is 2.64. The summed E-state index contributed by atoms with van der Waals surface area (Å²) in [5.74, 6) is 1.37. The van der Waals surface area contributed by atoms with E-state index in [1.165, 1.54) is 0 Å². The molecule has 3 nitrogen and oxygen atoms in total. The average molecular weight is 242 g/mol. The number of carbonyl (C=O) groups excluding carboxylic acids is 1. The molecule has 1 unspecified atom stereocenters. The second-order valence-electron chi connectivity index (χ2n) is 5.70. The minimum absolute atomic E-state index is 0.211. The summed E-state index contributed by atoms with van der Waals surface area (Å²) < 4.78 is 0.211. The van der Waals surface area contributed by atoms with Crippen molar-refractivity contribution in [3.63, 3.8) is 0 Å². The van der Waals surface area contributed by atoms with Crippen LogP contribution in [0.4, 0.5) is 0 Å². The van der Waals surface area contributed by atoms with E-state index in [2.05, 4.69) is 31.0 Å². The van der Waals surface area contributed by atoms with Crippen molar-refractivity contribution in [3.05, 3.63) is 0 Å². The Labute approximate surface area is 102 Å². The Hall–Kier alpha value is -0.220. The van der Waals surface area contributed by atoms with Gasteiger partial charge in [0.05, 0.1) is 5.54 Å². The van der Waals surface area contributed by atoms with Gasteiger partial charge in [-0.25, -0.2) is 0 Å². The Kier molecular flexibility index (Phi) is 3.23. The van der Waals surface area contributed by atoms with E-state index in [9.17, 15) is 4.79 Å². The highest BCUT2D eigenvalue weighted by molar-refractivity contribution is 8.00. The molecule has 92 valence electrons. The smallest absolute Gasteiger partial charge is 0.242 e. The molecule has 1 atom stereocenters. The molecule has 4 heteroatoms. The zero-order valence-electron chi connectivity index (χ0n) is 10.5. The molecule has 2 aliphatic heterocycles. The highest BCUT2D eigenvalue weighted by atomic mass is 32.2. The maximum atomic E-state index is 12.5. The molecule has 16 heavy (non-hydrogen) atoms. The molecule has 2 rings (SSSR count). The lowest BCUT2D eigenvalue weighted by Gasteiger charge is -2.41. The molecule has 1 N–H and O–H groups in total. The normalized spacial score (nSPS) is 34.1. The fourth-order valence-corrected chi connectivity index (χ4v) is 3.73. The van der Waals surface area contributed by atoms with Gasteiger partial charge in [0.15, 0.2) is 0 Å². The molecule has 2 fully saturated rings. The largest absolute Gasteiger partial charge is 0.339 e. The molecule has 2 aliphatic rings. The Morgan fingerprint density at radius 1 is 1.38 bits per heavy atom. The number of rotatable bonds is 1. The van der Waals surface area contributed by atoms with Crippen molar-refractivity contribution in [2.24, 2.45) is 0 Å². The lowest BCUT2D eigenvalue weighted by Crippen LogP contribution is -2.57. The molecule has 0 radical (unpaired) electrons. The maximum Gasteiger partial charge on any atom is 0.242 e. The molecule has 0 aromatic carbocycles. The Bertz CT molecular complexity index is 285. The summed E-state index contributed by atoms with van der Waals surface area (Å²) in [6.07, 6.45) is 2.10. The van der Waals surface area contributed by atoms with Gasteiger partial charge in [-0.15, -0.1) is 0 Å². The highest BCUT2D eigenvalue weighted by Crippen LogP contribution is 2.31. The van der Waals surface area contributed by atoms with Gasteiger partial charge in [0.2, 0.25) is 5.91 Å². The van der Waals surface area contributed by atoms with Gasteiger partial charge in [-0.3, -0.25) is 4.79 Å². The van der Waals surface area contributed by atoms with E-state index in [-0.39, 0.29) is 10.3 Å². The second kappa shape index (κ2) is 4.22. The van der Waals surface area contributed by atoms with Crippen molar-refractivity contribution in [2.45, 2.75) is 43.9 Å². The van der Waals surface area contributed by atoms with Gasteiger partial charge in [-0.1, -0.05) is 0 Å². The molecule has 0 saturated carbocycles. The van der Waals surface area contributed by atoms with E-state index < -0.39 is 0 Å². The molecular weight excluding hydrogens is 220 g/mol. The fourth-order valence-electron chi connectivity index (χ4n) is 2.62. The molecule has 0 aliphatic carbocycles. The number of amides is 1. The van der Waals surface area contributed by atoms with Gasteiger partial charge >= 0.3 is 0 Å². The van der Waals surface area contributed by atoms with Crippen molar-refractivity contribution < 1.29 is 4.79 Å². The first kappa shape index (κ1) is 12.2. The zero-order chi connectivity index (χ0) is 11.8. The van der Waals surface area contributed by atoms with Gasteiger partial charge in [0, 0.05) is 23.6 Å². The quantitative estimate of drug-likeness (QED) is 0.756. The molecule has 2 heterocycles. The van der Waals surface area contributed by atoms with Gasteiger partial charge in [-0.2, -0.15) is 11.8 Å². The van der Waals surface area contributed by atoms with E-state index in [1.54, 1.807) is 0 Å². The van der Waals surface area contributed by atoms with Crippen molar-refractivity contribution >= 4 is 17.7 Å². The standard InChI is InChI=1S/C12H22N2OS/c1-11(2)9-14(7-8-16-11)10(15)12(3)5-4-6-13-12/h13H,4-9H2,1-3H3. The summed E-state index contributed by atoms with van der Waals surface area (Å²) in [5, 5.41) is 3.36. The fraction of sp³-hybridized carbons (Fsp3) is 0.917. The van der Waals surface area contributed by atoms with Crippen molar-refractivity contribution in [1.29, 1.82) is 0 Å². The SMILES string of the molecule is CC1(C)CN(C(=O)C2(C)CCCN2)CCS1. The summed E-state index contributed by atoms with van der Waals surface area (Å²) in [6, 6.07) is 0. The summed E-state index contributed by atoms with van der Waals surface area (Å²) in [6.45, 7) is 9.27. The Morgan fingerprint density at radius 2 is 2.12 bits per heavy atom. The minimum atomic E-state index is -0.294. The molecule has 2 saturated heterocycles. The van der Waals surface area contributed by atoms with Crippen LogP contribution < -0.4 is 5.32 Å². The minimum Gasteiger partial charge on any atom is -0.339 e. The third-order valence-corrected chi connectivity index (χ3v) is 4.85. The van der Waals surface area contributed by atoms with Gasteiger partial charge in [0.25, 0.3) is 0 Å². The molecule has 0 aromatic heterocycles. The van der Waals surface area contributed by atoms with Crippen LogP contribution >= 0.6 is 11.8 Å². The lowest BCUT2D eigenvalue weighted by atomic mass is 9.97. The first-order chi connectivity index (χ1) is 7.43. The van der Waals surface area contributed by atoms with E-state index in [0.717, 1.165) is 38.2 Å². The number of thioether (sulfide) groups is 1. The van der Waals surface area contributed by atoms with Crippen LogP contribution in [0.15, 0.2) is 0 Å². The maximum absolute atomic E-state index is 12.5. The van der Waals surface area contributed by atoms with Crippen LogP contribution in [0.1, 0.15) is 33.6 Å². The van der Waals surface area contributed by atoms with Crippen LogP contribution in [-0.4, -0.2) is 46.5 Å². The number of nitrogens with one attached hydrogen (secondary N) is 1. The van der Waals surface area contributed by atoms with Gasteiger partial charge in [-0.05, 0) is 40.2 Å². The first-order valence-corrected chi connectivity index (χ1v) is 7.10. The van der Waals surface area contributed by atoms with Crippen LogP contribution in [0, 0.1) is 0 Å².